The number of benzene rings is 2. The van der Waals surface area contributed by atoms with Crippen molar-refractivity contribution in [3.8, 4) is 28.3 Å². The lowest BCUT2D eigenvalue weighted by atomic mass is 10.0. The minimum atomic E-state index is -0.297. The van der Waals surface area contributed by atoms with Crippen LogP contribution in [0.5, 0.6) is 11.5 Å². The average Bonchev–Trinajstić information content (AvgIpc) is 3.42. The van der Waals surface area contributed by atoms with E-state index >= 15 is 0 Å². The molecular weight excluding hydrogens is 396 g/mol. The molecule has 5 rings (SSSR count). The molecule has 0 unspecified atom stereocenters. The summed E-state index contributed by atoms with van der Waals surface area (Å²) in [6.45, 7) is 1.50. The van der Waals surface area contributed by atoms with Crippen LogP contribution in [-0.4, -0.2) is 48.9 Å². The first kappa shape index (κ1) is 19.4. The van der Waals surface area contributed by atoms with Crippen molar-refractivity contribution in [1.82, 2.24) is 19.7 Å². The molecule has 31 heavy (non-hydrogen) atoms. The second kappa shape index (κ2) is 7.61. The van der Waals surface area contributed by atoms with Gasteiger partial charge in [-0.25, -0.2) is 14.5 Å². The molecule has 3 N–H and O–H groups in total. The Labute approximate surface area is 178 Å². The number of aromatic nitrogens is 3. The lowest BCUT2D eigenvalue weighted by molar-refractivity contribution is -0.131. The molecule has 1 aliphatic heterocycles. The van der Waals surface area contributed by atoms with Crippen molar-refractivity contribution in [3.63, 3.8) is 0 Å². The minimum Gasteiger partial charge on any atom is -0.504 e. The van der Waals surface area contributed by atoms with Crippen LogP contribution in [0.15, 0.2) is 47.3 Å². The van der Waals surface area contributed by atoms with Gasteiger partial charge in [-0.15, -0.1) is 0 Å². The van der Waals surface area contributed by atoms with Crippen LogP contribution in [-0.2, 0) is 11.2 Å². The number of amides is 1. The summed E-state index contributed by atoms with van der Waals surface area (Å²) in [6.07, 6.45) is 3.57. The zero-order chi connectivity index (χ0) is 21.5. The van der Waals surface area contributed by atoms with E-state index in [0.29, 0.717) is 17.9 Å². The number of aromatic amines is 1. The Morgan fingerprint density at radius 3 is 2.48 bits per heavy atom. The van der Waals surface area contributed by atoms with Crippen molar-refractivity contribution in [1.29, 1.82) is 0 Å². The van der Waals surface area contributed by atoms with Gasteiger partial charge in [0, 0.05) is 25.4 Å². The van der Waals surface area contributed by atoms with Crippen molar-refractivity contribution in [2.24, 2.45) is 11.8 Å². The Balaban J connectivity index is 1.34. The highest BCUT2D eigenvalue weighted by atomic mass is 16.3. The predicted molar refractivity (Wildman–Crippen MR) is 114 cm³/mol. The third kappa shape index (κ3) is 3.81. The molecule has 1 saturated heterocycles. The number of nitrogens with zero attached hydrogens (tertiary/aromatic N) is 3. The van der Waals surface area contributed by atoms with Crippen LogP contribution >= 0.6 is 0 Å². The van der Waals surface area contributed by atoms with E-state index in [0.717, 1.165) is 43.5 Å². The molecule has 2 fully saturated rings. The fraction of sp³-hybridized carbons (Fsp3) is 0.348. The first-order valence-electron chi connectivity index (χ1n) is 10.6. The topological polar surface area (TPSA) is 111 Å². The van der Waals surface area contributed by atoms with Crippen molar-refractivity contribution in [2.75, 3.05) is 13.1 Å². The zero-order valence-electron chi connectivity index (χ0n) is 17.0. The van der Waals surface area contributed by atoms with E-state index < -0.39 is 0 Å². The van der Waals surface area contributed by atoms with E-state index in [2.05, 4.69) is 10.2 Å². The Kier molecular flexibility index (Phi) is 4.77. The van der Waals surface area contributed by atoms with E-state index in [4.69, 9.17) is 0 Å². The molecule has 1 saturated carbocycles. The summed E-state index contributed by atoms with van der Waals surface area (Å²) in [5.74, 6) is 1.11. The fourth-order valence-electron chi connectivity index (χ4n) is 4.28. The normalized spacial score (nSPS) is 18.5. The second-order valence-electron chi connectivity index (χ2n) is 8.45. The van der Waals surface area contributed by atoms with E-state index in [-0.39, 0.29) is 34.9 Å². The molecule has 0 spiro atoms. The lowest BCUT2D eigenvalue weighted by Crippen LogP contribution is -2.30. The number of hydrogen-bond acceptors (Lipinski definition) is 5. The number of rotatable bonds is 5. The van der Waals surface area contributed by atoms with Gasteiger partial charge in [-0.1, -0.05) is 18.2 Å². The highest BCUT2D eigenvalue weighted by molar-refractivity contribution is 5.81. The molecular formula is C23H24N4O4. The van der Waals surface area contributed by atoms with Gasteiger partial charge in [0.05, 0.1) is 5.69 Å². The maximum atomic E-state index is 12.4. The van der Waals surface area contributed by atoms with Gasteiger partial charge in [0.15, 0.2) is 11.5 Å². The number of H-pyrrole nitrogens is 1. The summed E-state index contributed by atoms with van der Waals surface area (Å²) in [4.78, 5) is 26.7. The standard InChI is InChI=1S/C23H24N4O4/c28-19-8-5-17(12-20(19)29)15-3-6-18(7-4-15)27-21(24-25-23(27)31)11-14-9-10-26(13-14)22(30)16-1-2-16/h3-8,12,14,16,28-29H,1-2,9-11,13H2,(H,25,31)/t14-/m0/s1. The molecule has 0 bridgehead atoms. The molecule has 8 heteroatoms. The smallest absolute Gasteiger partial charge is 0.347 e. The van der Waals surface area contributed by atoms with Gasteiger partial charge < -0.3 is 15.1 Å². The first-order valence-corrected chi connectivity index (χ1v) is 10.6. The Hall–Kier alpha value is -3.55. The van der Waals surface area contributed by atoms with Gasteiger partial charge in [0.2, 0.25) is 5.91 Å². The van der Waals surface area contributed by atoms with Crippen LogP contribution < -0.4 is 5.69 Å². The third-order valence-corrected chi connectivity index (χ3v) is 6.17. The lowest BCUT2D eigenvalue weighted by Gasteiger charge is -2.16. The van der Waals surface area contributed by atoms with Gasteiger partial charge in [0.25, 0.3) is 0 Å². The number of phenolic OH excluding ortho intramolecular Hbond substituents is 2. The quantitative estimate of drug-likeness (QED) is 0.549. The van der Waals surface area contributed by atoms with Crippen LogP contribution in [0.2, 0.25) is 0 Å². The third-order valence-electron chi connectivity index (χ3n) is 6.17. The summed E-state index contributed by atoms with van der Waals surface area (Å²) in [5.41, 5.74) is 2.01. The molecule has 0 radical (unpaired) electrons. The maximum Gasteiger partial charge on any atom is 0.347 e. The first-order chi connectivity index (χ1) is 15.0. The second-order valence-corrected chi connectivity index (χ2v) is 8.45. The molecule has 1 aliphatic carbocycles. The molecule has 2 aromatic carbocycles. The molecule has 2 aliphatic rings. The number of likely N-dealkylation sites (tertiary alicyclic amines) is 1. The number of carbonyl (C=O) groups excluding carboxylic acids is 1. The molecule has 1 aromatic heterocycles. The van der Waals surface area contributed by atoms with E-state index in [1.165, 1.54) is 12.1 Å². The zero-order valence-corrected chi connectivity index (χ0v) is 17.0. The molecule has 1 atom stereocenters. The molecule has 160 valence electrons. The molecule has 2 heterocycles. The summed E-state index contributed by atoms with van der Waals surface area (Å²) in [5, 5.41) is 26.0. The van der Waals surface area contributed by atoms with E-state index in [9.17, 15) is 19.8 Å². The molecule has 3 aromatic rings. The SMILES string of the molecule is O=C(C1CC1)N1CC[C@@H](Cc2n[nH]c(=O)n2-c2ccc(-c3ccc(O)c(O)c3)cc2)C1. The fourth-order valence-corrected chi connectivity index (χ4v) is 4.28. The summed E-state index contributed by atoms with van der Waals surface area (Å²) >= 11 is 0. The van der Waals surface area contributed by atoms with Gasteiger partial charge >= 0.3 is 5.69 Å². The van der Waals surface area contributed by atoms with Crippen LogP contribution in [0.25, 0.3) is 16.8 Å². The average molecular weight is 420 g/mol. The number of hydrogen-bond donors (Lipinski definition) is 3. The number of aromatic hydroxyl groups is 2. The number of phenols is 2. The van der Waals surface area contributed by atoms with Crippen LogP contribution in [0, 0.1) is 11.8 Å². The van der Waals surface area contributed by atoms with Crippen LogP contribution in [0.3, 0.4) is 0 Å². The highest BCUT2D eigenvalue weighted by Gasteiger charge is 2.36. The summed E-state index contributed by atoms with van der Waals surface area (Å²) < 4.78 is 1.57. The summed E-state index contributed by atoms with van der Waals surface area (Å²) in [7, 11) is 0. The van der Waals surface area contributed by atoms with Crippen molar-refractivity contribution in [3.05, 3.63) is 58.8 Å². The van der Waals surface area contributed by atoms with Crippen molar-refractivity contribution in [2.45, 2.75) is 25.7 Å². The van der Waals surface area contributed by atoms with E-state index in [1.54, 1.807) is 10.6 Å². The number of nitrogens with one attached hydrogen (secondary N) is 1. The van der Waals surface area contributed by atoms with Gasteiger partial charge in [0.1, 0.15) is 5.82 Å². The monoisotopic (exact) mass is 420 g/mol. The highest BCUT2D eigenvalue weighted by Crippen LogP contribution is 2.33. The van der Waals surface area contributed by atoms with Gasteiger partial charge in [-0.2, -0.15) is 5.10 Å². The maximum absolute atomic E-state index is 12.4. The Bertz CT molecular complexity index is 1180. The van der Waals surface area contributed by atoms with Gasteiger partial charge in [-0.05, 0) is 60.6 Å². The van der Waals surface area contributed by atoms with Crippen LogP contribution in [0.4, 0.5) is 0 Å². The number of carbonyl (C=O) groups is 1. The largest absolute Gasteiger partial charge is 0.504 e. The minimum absolute atomic E-state index is 0.167. The van der Waals surface area contributed by atoms with E-state index in [1.807, 2.05) is 29.2 Å². The molecule has 8 nitrogen and oxygen atoms in total. The molecule has 1 amide bonds. The van der Waals surface area contributed by atoms with Crippen molar-refractivity contribution >= 4 is 5.91 Å². The van der Waals surface area contributed by atoms with Crippen LogP contribution in [0.1, 0.15) is 25.1 Å². The Morgan fingerprint density at radius 2 is 1.77 bits per heavy atom. The van der Waals surface area contributed by atoms with Crippen molar-refractivity contribution < 1.29 is 15.0 Å². The predicted octanol–water partition coefficient (Wildman–Crippen LogP) is 2.44. The van der Waals surface area contributed by atoms with Gasteiger partial charge in [-0.3, -0.25) is 4.79 Å². The summed E-state index contributed by atoms with van der Waals surface area (Å²) in [6, 6.07) is 12.0. The Morgan fingerprint density at radius 1 is 1.03 bits per heavy atom.